The first-order valence-corrected chi connectivity index (χ1v) is 6.38. The van der Waals surface area contributed by atoms with Crippen molar-refractivity contribution in [2.75, 3.05) is 25.5 Å². The Morgan fingerprint density at radius 1 is 1.56 bits per heavy atom. The standard InChI is InChI=1S/C14H20N2O2/c1-10(17)9-16(2)14(18)12-5-6-13-11(8-12)4-3-7-15-13/h5-6,8,10,15,17H,3-4,7,9H2,1-2H3. The van der Waals surface area contributed by atoms with Crippen LogP contribution in [0.3, 0.4) is 0 Å². The van der Waals surface area contributed by atoms with Crippen molar-refractivity contribution in [1.29, 1.82) is 0 Å². The van der Waals surface area contributed by atoms with E-state index in [2.05, 4.69) is 5.32 Å². The van der Waals surface area contributed by atoms with Gasteiger partial charge in [-0.15, -0.1) is 0 Å². The van der Waals surface area contributed by atoms with Gasteiger partial charge in [0.05, 0.1) is 6.10 Å². The molecule has 1 heterocycles. The van der Waals surface area contributed by atoms with Crippen LogP contribution in [0.25, 0.3) is 0 Å². The van der Waals surface area contributed by atoms with Crippen LogP contribution in [-0.4, -0.2) is 42.2 Å². The molecule has 0 saturated carbocycles. The van der Waals surface area contributed by atoms with E-state index in [1.165, 1.54) is 5.56 Å². The first kappa shape index (κ1) is 12.9. The summed E-state index contributed by atoms with van der Waals surface area (Å²) in [5, 5.41) is 12.6. The van der Waals surface area contributed by atoms with Gasteiger partial charge in [0.25, 0.3) is 5.91 Å². The summed E-state index contributed by atoms with van der Waals surface area (Å²) in [6.45, 7) is 3.04. The van der Waals surface area contributed by atoms with Gasteiger partial charge in [-0.3, -0.25) is 4.79 Å². The van der Waals surface area contributed by atoms with Crippen LogP contribution in [0, 0.1) is 0 Å². The van der Waals surface area contributed by atoms with Crippen LogP contribution in [0.2, 0.25) is 0 Å². The third-order valence-corrected chi connectivity index (χ3v) is 3.18. The van der Waals surface area contributed by atoms with E-state index in [0.29, 0.717) is 12.1 Å². The Balaban J connectivity index is 2.15. The number of aryl methyl sites for hydroxylation is 1. The van der Waals surface area contributed by atoms with E-state index in [4.69, 9.17) is 0 Å². The molecule has 4 nitrogen and oxygen atoms in total. The highest BCUT2D eigenvalue weighted by Crippen LogP contribution is 2.23. The topological polar surface area (TPSA) is 52.6 Å². The summed E-state index contributed by atoms with van der Waals surface area (Å²) in [4.78, 5) is 13.7. The zero-order valence-electron chi connectivity index (χ0n) is 10.9. The number of likely N-dealkylation sites (N-methyl/N-ethyl adjacent to an activating group) is 1. The molecule has 1 aliphatic heterocycles. The molecule has 0 aliphatic carbocycles. The van der Waals surface area contributed by atoms with Crippen molar-refractivity contribution < 1.29 is 9.90 Å². The van der Waals surface area contributed by atoms with Gasteiger partial charge in [-0.1, -0.05) is 0 Å². The molecule has 0 bridgehead atoms. The first-order chi connectivity index (χ1) is 8.58. The molecule has 2 N–H and O–H groups in total. The van der Waals surface area contributed by atoms with Crippen molar-refractivity contribution in [3.63, 3.8) is 0 Å². The summed E-state index contributed by atoms with van der Waals surface area (Å²) < 4.78 is 0. The maximum atomic E-state index is 12.2. The molecule has 0 radical (unpaired) electrons. The Kier molecular flexibility index (Phi) is 3.87. The molecule has 0 saturated heterocycles. The van der Waals surface area contributed by atoms with Crippen molar-refractivity contribution in [1.82, 2.24) is 4.90 Å². The summed E-state index contributed by atoms with van der Waals surface area (Å²) in [6, 6.07) is 5.78. The van der Waals surface area contributed by atoms with E-state index >= 15 is 0 Å². The minimum absolute atomic E-state index is 0.0377. The monoisotopic (exact) mass is 248 g/mol. The number of aliphatic hydroxyl groups is 1. The van der Waals surface area contributed by atoms with Gasteiger partial charge in [0.15, 0.2) is 0 Å². The number of hydrogen-bond acceptors (Lipinski definition) is 3. The molecular weight excluding hydrogens is 228 g/mol. The maximum absolute atomic E-state index is 12.2. The number of rotatable bonds is 3. The Labute approximate surface area is 108 Å². The van der Waals surface area contributed by atoms with Crippen LogP contribution in [0.4, 0.5) is 5.69 Å². The second-order valence-electron chi connectivity index (χ2n) is 4.94. The molecule has 0 fully saturated rings. The summed E-state index contributed by atoms with van der Waals surface area (Å²) in [6.07, 6.45) is 1.62. The number of benzene rings is 1. The number of carbonyl (C=O) groups is 1. The molecule has 0 spiro atoms. The normalized spacial score (nSPS) is 15.5. The highest BCUT2D eigenvalue weighted by atomic mass is 16.3. The largest absolute Gasteiger partial charge is 0.392 e. The predicted octanol–water partition coefficient (Wildman–Crippen LogP) is 1.50. The number of amides is 1. The summed E-state index contributed by atoms with van der Waals surface area (Å²) >= 11 is 0. The molecule has 0 aromatic heterocycles. The fourth-order valence-corrected chi connectivity index (χ4v) is 2.31. The number of aliphatic hydroxyl groups excluding tert-OH is 1. The average molecular weight is 248 g/mol. The summed E-state index contributed by atoms with van der Waals surface area (Å²) in [5.74, 6) is -0.0377. The van der Waals surface area contributed by atoms with Crippen LogP contribution in [-0.2, 0) is 6.42 Å². The molecule has 18 heavy (non-hydrogen) atoms. The smallest absolute Gasteiger partial charge is 0.253 e. The van der Waals surface area contributed by atoms with Gasteiger partial charge in [0.2, 0.25) is 0 Å². The van der Waals surface area contributed by atoms with E-state index in [1.54, 1.807) is 18.9 Å². The molecule has 1 amide bonds. The Hall–Kier alpha value is -1.55. The highest BCUT2D eigenvalue weighted by molar-refractivity contribution is 5.94. The molecular formula is C14H20N2O2. The third kappa shape index (κ3) is 2.82. The fourth-order valence-electron chi connectivity index (χ4n) is 2.31. The number of carbonyl (C=O) groups excluding carboxylic acids is 1. The molecule has 1 aromatic rings. The maximum Gasteiger partial charge on any atom is 0.253 e. The van der Waals surface area contributed by atoms with Gasteiger partial charge in [-0.25, -0.2) is 0 Å². The Morgan fingerprint density at radius 2 is 2.33 bits per heavy atom. The lowest BCUT2D eigenvalue weighted by molar-refractivity contribution is 0.0703. The van der Waals surface area contributed by atoms with Crippen LogP contribution < -0.4 is 5.32 Å². The van der Waals surface area contributed by atoms with Crippen molar-refractivity contribution in [2.24, 2.45) is 0 Å². The molecule has 1 unspecified atom stereocenters. The zero-order chi connectivity index (χ0) is 13.1. The van der Waals surface area contributed by atoms with Crippen molar-refractivity contribution in [2.45, 2.75) is 25.9 Å². The number of hydrogen-bond donors (Lipinski definition) is 2. The second kappa shape index (κ2) is 5.40. The van der Waals surface area contributed by atoms with Gasteiger partial charge in [0, 0.05) is 31.4 Å². The van der Waals surface area contributed by atoms with Gasteiger partial charge >= 0.3 is 0 Å². The highest BCUT2D eigenvalue weighted by Gasteiger charge is 2.16. The molecule has 2 rings (SSSR count). The number of nitrogens with one attached hydrogen (secondary N) is 1. The Morgan fingerprint density at radius 3 is 3.06 bits per heavy atom. The van der Waals surface area contributed by atoms with E-state index in [-0.39, 0.29) is 5.91 Å². The summed E-state index contributed by atoms with van der Waals surface area (Å²) in [5.41, 5.74) is 3.04. The predicted molar refractivity (Wildman–Crippen MR) is 71.9 cm³/mol. The van der Waals surface area contributed by atoms with Gasteiger partial charge < -0.3 is 15.3 Å². The minimum Gasteiger partial charge on any atom is -0.392 e. The zero-order valence-corrected chi connectivity index (χ0v) is 10.9. The Bertz CT molecular complexity index is 443. The lowest BCUT2D eigenvalue weighted by Gasteiger charge is -2.21. The van der Waals surface area contributed by atoms with Gasteiger partial charge in [0.1, 0.15) is 0 Å². The molecule has 1 atom stereocenters. The molecule has 1 aromatic carbocycles. The molecule has 98 valence electrons. The first-order valence-electron chi connectivity index (χ1n) is 6.38. The molecule has 1 aliphatic rings. The number of nitrogens with zero attached hydrogens (tertiary/aromatic N) is 1. The molecule has 4 heteroatoms. The van der Waals surface area contributed by atoms with Crippen LogP contribution in [0.5, 0.6) is 0 Å². The van der Waals surface area contributed by atoms with Crippen molar-refractivity contribution >= 4 is 11.6 Å². The van der Waals surface area contributed by atoms with Crippen molar-refractivity contribution in [3.05, 3.63) is 29.3 Å². The summed E-state index contributed by atoms with van der Waals surface area (Å²) in [7, 11) is 1.72. The average Bonchev–Trinajstić information content (AvgIpc) is 2.36. The van der Waals surface area contributed by atoms with E-state index in [0.717, 1.165) is 25.1 Å². The van der Waals surface area contributed by atoms with Gasteiger partial charge in [-0.2, -0.15) is 0 Å². The van der Waals surface area contributed by atoms with E-state index < -0.39 is 6.10 Å². The van der Waals surface area contributed by atoms with Crippen LogP contribution in [0.1, 0.15) is 29.3 Å². The second-order valence-corrected chi connectivity index (χ2v) is 4.94. The fraction of sp³-hybridized carbons (Fsp3) is 0.500. The third-order valence-electron chi connectivity index (χ3n) is 3.18. The quantitative estimate of drug-likeness (QED) is 0.852. The van der Waals surface area contributed by atoms with E-state index in [9.17, 15) is 9.90 Å². The lowest BCUT2D eigenvalue weighted by Crippen LogP contribution is -2.33. The van der Waals surface area contributed by atoms with Crippen LogP contribution in [0.15, 0.2) is 18.2 Å². The van der Waals surface area contributed by atoms with Gasteiger partial charge in [-0.05, 0) is 43.5 Å². The minimum atomic E-state index is -0.502. The van der Waals surface area contributed by atoms with Crippen molar-refractivity contribution in [3.8, 4) is 0 Å². The van der Waals surface area contributed by atoms with E-state index in [1.807, 2.05) is 18.2 Å². The number of fused-ring (bicyclic) bond motifs is 1. The SMILES string of the molecule is CC(O)CN(C)C(=O)c1ccc2c(c1)CCCN2. The number of anilines is 1. The lowest BCUT2D eigenvalue weighted by atomic mass is 10.0. The van der Waals surface area contributed by atoms with Crippen LogP contribution >= 0.6 is 0 Å².